The lowest BCUT2D eigenvalue weighted by Gasteiger charge is -2.15. The summed E-state index contributed by atoms with van der Waals surface area (Å²) in [5.41, 5.74) is 0.788. The highest BCUT2D eigenvalue weighted by Gasteiger charge is 2.19. The minimum absolute atomic E-state index is 0.0936. The number of thiophene rings is 1. The highest BCUT2D eigenvalue weighted by Crippen LogP contribution is 2.36. The number of rotatable bonds is 11. The van der Waals surface area contributed by atoms with Crippen LogP contribution in [0.3, 0.4) is 0 Å². The number of hydrogen-bond acceptors (Lipinski definition) is 7. The molecule has 0 aliphatic rings. The first kappa shape index (κ1) is 23.9. The van der Waals surface area contributed by atoms with Crippen molar-refractivity contribution in [3.63, 3.8) is 0 Å². The zero-order chi connectivity index (χ0) is 22.9. The Hall–Kier alpha value is -2.71. The van der Waals surface area contributed by atoms with E-state index >= 15 is 0 Å². The van der Waals surface area contributed by atoms with Gasteiger partial charge in [-0.2, -0.15) is 0 Å². The Labute approximate surface area is 191 Å². The summed E-state index contributed by atoms with van der Waals surface area (Å²) in [5, 5.41) is 32.3. The van der Waals surface area contributed by atoms with Crippen molar-refractivity contribution in [2.24, 2.45) is 0 Å². The smallest absolute Gasteiger partial charge is 0.305 e. The average Bonchev–Trinajstić information content (AvgIpc) is 3.20. The Balaban J connectivity index is 1.72. The van der Waals surface area contributed by atoms with Gasteiger partial charge in [-0.25, -0.2) is 0 Å². The average molecular weight is 457 g/mol. The normalized spacial score (nSPS) is 14.4. The highest BCUT2D eigenvalue weighted by molar-refractivity contribution is 7.19. The van der Waals surface area contributed by atoms with Crippen molar-refractivity contribution in [2.45, 2.75) is 37.6 Å². The van der Waals surface area contributed by atoms with Crippen molar-refractivity contribution < 1.29 is 29.6 Å². The topological polar surface area (TPSA) is 96.2 Å². The van der Waals surface area contributed by atoms with Crippen molar-refractivity contribution in [3.8, 4) is 5.75 Å². The Bertz CT molecular complexity index is 1030. The predicted molar refractivity (Wildman–Crippen MR) is 126 cm³/mol. The molecule has 1 heterocycles. The first-order valence-corrected chi connectivity index (χ1v) is 11.3. The summed E-state index contributed by atoms with van der Waals surface area (Å²) >= 11 is 1.47. The van der Waals surface area contributed by atoms with Crippen molar-refractivity contribution >= 4 is 33.5 Å². The van der Waals surface area contributed by atoms with Crippen LogP contribution in [0, 0.1) is 0 Å². The second-order valence-electron chi connectivity index (χ2n) is 7.40. The first-order chi connectivity index (χ1) is 15.5. The molecule has 0 saturated carbocycles. The molecular formula is C25H28O6S. The van der Waals surface area contributed by atoms with E-state index in [1.165, 1.54) is 24.5 Å². The second kappa shape index (κ2) is 11.8. The van der Waals surface area contributed by atoms with Gasteiger partial charge in [0.05, 0.1) is 19.3 Å². The van der Waals surface area contributed by atoms with Gasteiger partial charge in [0.1, 0.15) is 18.5 Å². The van der Waals surface area contributed by atoms with E-state index in [4.69, 9.17) is 4.74 Å². The van der Waals surface area contributed by atoms with Gasteiger partial charge < -0.3 is 24.8 Å². The number of hydrogen-bond donors (Lipinski definition) is 3. The van der Waals surface area contributed by atoms with Crippen LogP contribution in [-0.2, 0) is 9.53 Å². The van der Waals surface area contributed by atoms with Crippen molar-refractivity contribution in [3.05, 3.63) is 71.1 Å². The SMILES string of the molecule is COC(=O)CCCC(O)C(O)/C=C/c1c(C(O)COc2ccccc2)sc2ccccc12. The van der Waals surface area contributed by atoms with Gasteiger partial charge in [-0.1, -0.05) is 48.6 Å². The fourth-order valence-electron chi connectivity index (χ4n) is 3.32. The van der Waals surface area contributed by atoms with Gasteiger partial charge in [-0.3, -0.25) is 4.79 Å². The molecule has 0 aliphatic carbocycles. The van der Waals surface area contributed by atoms with Crippen LogP contribution in [0.15, 0.2) is 60.7 Å². The van der Waals surface area contributed by atoms with Gasteiger partial charge in [-0.15, -0.1) is 11.3 Å². The summed E-state index contributed by atoms with van der Waals surface area (Å²) in [4.78, 5) is 11.9. The minimum atomic E-state index is -1.10. The highest BCUT2D eigenvalue weighted by atomic mass is 32.1. The summed E-state index contributed by atoms with van der Waals surface area (Å²) in [5.74, 6) is 0.332. The molecule has 0 amide bonds. The molecule has 0 fully saturated rings. The molecule has 0 bridgehead atoms. The predicted octanol–water partition coefficient (Wildman–Crippen LogP) is 4.09. The lowest BCUT2D eigenvalue weighted by Crippen LogP contribution is -2.23. The zero-order valence-electron chi connectivity index (χ0n) is 17.9. The van der Waals surface area contributed by atoms with Crippen LogP contribution in [0.1, 0.15) is 35.8 Å². The second-order valence-corrected chi connectivity index (χ2v) is 8.49. The summed E-state index contributed by atoms with van der Waals surface area (Å²) < 4.78 is 11.3. The molecule has 170 valence electrons. The number of aliphatic hydroxyl groups excluding tert-OH is 3. The summed E-state index contributed by atoms with van der Waals surface area (Å²) in [7, 11) is 1.32. The van der Waals surface area contributed by atoms with E-state index in [2.05, 4.69) is 4.74 Å². The molecule has 0 saturated heterocycles. The van der Waals surface area contributed by atoms with Gasteiger partial charge in [0, 0.05) is 21.4 Å². The van der Waals surface area contributed by atoms with Crippen LogP contribution < -0.4 is 4.74 Å². The third kappa shape index (κ3) is 6.40. The molecule has 32 heavy (non-hydrogen) atoms. The quantitative estimate of drug-likeness (QED) is 0.376. The van der Waals surface area contributed by atoms with E-state index in [1.807, 2.05) is 54.6 Å². The van der Waals surface area contributed by atoms with E-state index in [0.717, 1.165) is 20.5 Å². The molecule has 1 aromatic heterocycles. The molecule has 3 rings (SSSR count). The number of aliphatic hydroxyl groups is 3. The van der Waals surface area contributed by atoms with Crippen LogP contribution >= 0.6 is 11.3 Å². The first-order valence-electron chi connectivity index (χ1n) is 10.5. The number of fused-ring (bicyclic) bond motifs is 1. The van der Waals surface area contributed by atoms with E-state index in [1.54, 1.807) is 6.08 Å². The van der Waals surface area contributed by atoms with Crippen LogP contribution in [0.5, 0.6) is 5.75 Å². The van der Waals surface area contributed by atoms with Crippen LogP contribution in [0.2, 0.25) is 0 Å². The van der Waals surface area contributed by atoms with E-state index in [-0.39, 0.29) is 25.4 Å². The third-order valence-electron chi connectivity index (χ3n) is 5.08. The Morgan fingerprint density at radius 2 is 1.78 bits per heavy atom. The number of benzene rings is 2. The fraction of sp³-hybridized carbons (Fsp3) is 0.320. The molecular weight excluding hydrogens is 428 g/mol. The van der Waals surface area contributed by atoms with Gasteiger partial charge in [-0.05, 0) is 36.6 Å². The van der Waals surface area contributed by atoms with Gasteiger partial charge in [0.2, 0.25) is 0 Å². The van der Waals surface area contributed by atoms with E-state index in [0.29, 0.717) is 12.2 Å². The maximum atomic E-state index is 11.2. The third-order valence-corrected chi connectivity index (χ3v) is 6.37. The lowest BCUT2D eigenvalue weighted by molar-refractivity contribution is -0.140. The Morgan fingerprint density at radius 1 is 1.06 bits per heavy atom. The largest absolute Gasteiger partial charge is 0.490 e. The maximum Gasteiger partial charge on any atom is 0.305 e. The molecule has 0 radical (unpaired) electrons. The van der Waals surface area contributed by atoms with E-state index < -0.39 is 18.3 Å². The van der Waals surface area contributed by atoms with Crippen LogP contribution in [-0.4, -0.2) is 47.2 Å². The molecule has 3 aromatic rings. The van der Waals surface area contributed by atoms with Crippen LogP contribution in [0.25, 0.3) is 16.2 Å². The standard InChI is InChI=1S/C25H28O6S/c1-30-24(29)13-7-11-20(26)21(27)15-14-19-18-10-5-6-12-23(18)32-25(19)22(28)16-31-17-8-3-2-4-9-17/h2-6,8-10,12,14-15,20-22,26-28H,7,11,13,16H2,1H3/b15-14+. The summed E-state index contributed by atoms with van der Waals surface area (Å²) in [6.45, 7) is 0.0936. The number of para-hydroxylation sites is 1. The molecule has 3 atom stereocenters. The molecule has 7 heteroatoms. The number of carbonyl (C=O) groups excluding carboxylic acids is 1. The molecule has 3 unspecified atom stereocenters. The van der Waals surface area contributed by atoms with Gasteiger partial charge in [0.15, 0.2) is 0 Å². The molecule has 2 aromatic carbocycles. The number of esters is 1. The van der Waals surface area contributed by atoms with Crippen molar-refractivity contribution in [2.75, 3.05) is 13.7 Å². The monoisotopic (exact) mass is 456 g/mol. The molecule has 3 N–H and O–H groups in total. The molecule has 0 spiro atoms. The fourth-order valence-corrected chi connectivity index (χ4v) is 4.49. The number of carbonyl (C=O) groups is 1. The number of ether oxygens (including phenoxy) is 2. The molecule has 0 aliphatic heterocycles. The zero-order valence-corrected chi connectivity index (χ0v) is 18.7. The summed E-state index contributed by atoms with van der Waals surface area (Å²) in [6.07, 6.45) is 1.17. The Morgan fingerprint density at radius 3 is 2.53 bits per heavy atom. The Kier molecular flexibility index (Phi) is 8.81. The molecule has 6 nitrogen and oxygen atoms in total. The number of methoxy groups -OCH3 is 1. The van der Waals surface area contributed by atoms with Gasteiger partial charge >= 0.3 is 5.97 Å². The van der Waals surface area contributed by atoms with Crippen molar-refractivity contribution in [1.82, 2.24) is 0 Å². The van der Waals surface area contributed by atoms with E-state index in [9.17, 15) is 20.1 Å². The summed E-state index contributed by atoms with van der Waals surface area (Å²) in [6, 6.07) is 17.1. The minimum Gasteiger partial charge on any atom is -0.490 e. The lowest BCUT2D eigenvalue weighted by atomic mass is 10.0. The maximum absolute atomic E-state index is 11.2. The van der Waals surface area contributed by atoms with Crippen molar-refractivity contribution in [1.29, 1.82) is 0 Å². The van der Waals surface area contributed by atoms with Crippen LogP contribution in [0.4, 0.5) is 0 Å². The van der Waals surface area contributed by atoms with Gasteiger partial charge in [0.25, 0.3) is 0 Å².